The number of benzene rings is 1. The molecule has 26 heavy (non-hydrogen) atoms. The Morgan fingerprint density at radius 2 is 1.77 bits per heavy atom. The molecule has 2 aromatic rings. The molecule has 2 heterocycles. The highest BCUT2D eigenvalue weighted by Crippen LogP contribution is 2.24. The number of rotatable bonds is 4. The SMILES string of the molecule is Cc1cc(C)c(CC(=O)N2CCC(n3cc(C(=O)O)cn3)CC2)c(C)c1. The van der Waals surface area contributed by atoms with E-state index in [9.17, 15) is 9.59 Å². The molecule has 6 nitrogen and oxygen atoms in total. The zero-order chi connectivity index (χ0) is 18.8. The minimum atomic E-state index is -0.965. The van der Waals surface area contributed by atoms with Gasteiger partial charge in [-0.05, 0) is 50.3 Å². The molecule has 0 aliphatic carbocycles. The van der Waals surface area contributed by atoms with Crippen molar-refractivity contribution in [2.75, 3.05) is 13.1 Å². The van der Waals surface area contributed by atoms with Crippen LogP contribution in [0.3, 0.4) is 0 Å². The van der Waals surface area contributed by atoms with Crippen LogP contribution < -0.4 is 0 Å². The molecule has 0 unspecified atom stereocenters. The maximum absolute atomic E-state index is 12.7. The third kappa shape index (κ3) is 3.79. The van der Waals surface area contributed by atoms with E-state index in [0.29, 0.717) is 19.5 Å². The first-order chi connectivity index (χ1) is 12.3. The summed E-state index contributed by atoms with van der Waals surface area (Å²) in [6, 6.07) is 4.40. The Morgan fingerprint density at radius 1 is 1.15 bits per heavy atom. The lowest BCUT2D eigenvalue weighted by molar-refractivity contribution is -0.131. The number of carbonyl (C=O) groups is 2. The van der Waals surface area contributed by atoms with Gasteiger partial charge in [0.2, 0.25) is 5.91 Å². The number of likely N-dealkylation sites (tertiary alicyclic amines) is 1. The number of hydrogen-bond donors (Lipinski definition) is 1. The number of carbonyl (C=O) groups excluding carboxylic acids is 1. The maximum atomic E-state index is 12.7. The van der Waals surface area contributed by atoms with E-state index < -0.39 is 5.97 Å². The molecular weight excluding hydrogens is 330 g/mol. The lowest BCUT2D eigenvalue weighted by Gasteiger charge is -2.32. The van der Waals surface area contributed by atoms with E-state index in [4.69, 9.17) is 5.11 Å². The van der Waals surface area contributed by atoms with Crippen molar-refractivity contribution in [1.29, 1.82) is 0 Å². The van der Waals surface area contributed by atoms with Crippen molar-refractivity contribution >= 4 is 11.9 Å². The van der Waals surface area contributed by atoms with Crippen LogP contribution in [-0.4, -0.2) is 44.8 Å². The van der Waals surface area contributed by atoms with Crippen molar-refractivity contribution in [3.63, 3.8) is 0 Å². The summed E-state index contributed by atoms with van der Waals surface area (Å²) < 4.78 is 1.72. The molecule has 1 N–H and O–H groups in total. The van der Waals surface area contributed by atoms with Crippen molar-refractivity contribution in [1.82, 2.24) is 14.7 Å². The van der Waals surface area contributed by atoms with E-state index in [1.807, 2.05) is 4.90 Å². The van der Waals surface area contributed by atoms with Crippen LogP contribution in [0.2, 0.25) is 0 Å². The summed E-state index contributed by atoms with van der Waals surface area (Å²) in [5.41, 5.74) is 4.89. The van der Waals surface area contributed by atoms with Crippen LogP contribution >= 0.6 is 0 Å². The summed E-state index contributed by atoms with van der Waals surface area (Å²) in [5.74, 6) is -0.808. The molecule has 0 bridgehead atoms. The van der Waals surface area contributed by atoms with E-state index in [1.54, 1.807) is 10.9 Å². The summed E-state index contributed by atoms with van der Waals surface area (Å²) in [4.78, 5) is 25.6. The van der Waals surface area contributed by atoms with Crippen LogP contribution in [0.1, 0.15) is 51.5 Å². The molecule has 0 radical (unpaired) electrons. The molecule has 1 amide bonds. The average molecular weight is 355 g/mol. The minimum Gasteiger partial charge on any atom is -0.478 e. The summed E-state index contributed by atoms with van der Waals surface area (Å²) in [6.07, 6.45) is 4.97. The summed E-state index contributed by atoms with van der Waals surface area (Å²) >= 11 is 0. The molecule has 1 fully saturated rings. The number of aromatic carboxylic acids is 1. The standard InChI is InChI=1S/C20H25N3O3/c1-13-8-14(2)18(15(3)9-13)10-19(24)22-6-4-17(5-7-22)23-12-16(11-21-23)20(25)26/h8-9,11-12,17H,4-7,10H2,1-3H3,(H,25,26). The predicted molar refractivity (Wildman–Crippen MR) is 98.4 cm³/mol. The topological polar surface area (TPSA) is 75.4 Å². The molecule has 0 saturated carbocycles. The zero-order valence-corrected chi connectivity index (χ0v) is 15.5. The Labute approximate surface area is 153 Å². The zero-order valence-electron chi connectivity index (χ0n) is 15.5. The Bertz CT molecular complexity index is 810. The van der Waals surface area contributed by atoms with Gasteiger partial charge in [-0.3, -0.25) is 9.48 Å². The largest absolute Gasteiger partial charge is 0.478 e. The number of carboxylic acids is 1. The van der Waals surface area contributed by atoms with Gasteiger partial charge >= 0.3 is 5.97 Å². The first kappa shape index (κ1) is 18.2. The molecule has 138 valence electrons. The van der Waals surface area contributed by atoms with Gasteiger partial charge in [0.25, 0.3) is 0 Å². The Kier molecular flexibility index (Phi) is 5.11. The quantitative estimate of drug-likeness (QED) is 0.915. The van der Waals surface area contributed by atoms with Crippen molar-refractivity contribution in [2.45, 2.75) is 46.1 Å². The van der Waals surface area contributed by atoms with Gasteiger partial charge in [-0.15, -0.1) is 0 Å². The molecule has 1 aromatic carbocycles. The molecule has 1 saturated heterocycles. The molecular formula is C20H25N3O3. The second-order valence-electron chi connectivity index (χ2n) is 7.18. The van der Waals surface area contributed by atoms with Crippen LogP contribution in [-0.2, 0) is 11.2 Å². The highest BCUT2D eigenvalue weighted by molar-refractivity contribution is 5.86. The lowest BCUT2D eigenvalue weighted by Crippen LogP contribution is -2.40. The van der Waals surface area contributed by atoms with Gasteiger partial charge in [-0.2, -0.15) is 5.10 Å². The second-order valence-corrected chi connectivity index (χ2v) is 7.18. The average Bonchev–Trinajstić information content (AvgIpc) is 3.08. The van der Waals surface area contributed by atoms with Gasteiger partial charge in [0, 0.05) is 19.3 Å². The number of carboxylic acid groups (broad SMARTS) is 1. The Balaban J connectivity index is 1.61. The van der Waals surface area contributed by atoms with Crippen LogP contribution in [0.25, 0.3) is 0 Å². The van der Waals surface area contributed by atoms with Crippen molar-refractivity contribution in [3.8, 4) is 0 Å². The summed E-state index contributed by atoms with van der Waals surface area (Å²) in [6.45, 7) is 7.55. The van der Waals surface area contributed by atoms with Crippen LogP contribution in [0.4, 0.5) is 0 Å². The molecule has 1 aliphatic rings. The molecule has 0 atom stereocenters. The number of hydrogen-bond acceptors (Lipinski definition) is 3. The number of nitrogens with zero attached hydrogens (tertiary/aromatic N) is 3. The monoisotopic (exact) mass is 355 g/mol. The van der Waals surface area contributed by atoms with Crippen molar-refractivity contribution < 1.29 is 14.7 Å². The van der Waals surface area contributed by atoms with Crippen molar-refractivity contribution in [2.24, 2.45) is 0 Å². The third-order valence-electron chi connectivity index (χ3n) is 5.21. The van der Waals surface area contributed by atoms with Gasteiger partial charge in [0.1, 0.15) is 0 Å². The smallest absolute Gasteiger partial charge is 0.338 e. The van der Waals surface area contributed by atoms with E-state index in [1.165, 1.54) is 22.9 Å². The number of amides is 1. The van der Waals surface area contributed by atoms with Crippen LogP contribution in [0.5, 0.6) is 0 Å². The molecule has 1 aliphatic heterocycles. The first-order valence-electron chi connectivity index (χ1n) is 8.97. The molecule has 3 rings (SSSR count). The fraction of sp³-hybridized carbons (Fsp3) is 0.450. The highest BCUT2D eigenvalue weighted by atomic mass is 16.4. The van der Waals surface area contributed by atoms with E-state index in [0.717, 1.165) is 18.4 Å². The van der Waals surface area contributed by atoms with Gasteiger partial charge < -0.3 is 10.0 Å². The van der Waals surface area contributed by atoms with Crippen molar-refractivity contribution in [3.05, 3.63) is 52.3 Å². The summed E-state index contributed by atoms with van der Waals surface area (Å²) in [7, 11) is 0. The molecule has 1 aromatic heterocycles. The predicted octanol–water partition coefficient (Wildman–Crippen LogP) is 2.91. The fourth-order valence-corrected chi connectivity index (χ4v) is 3.78. The second kappa shape index (κ2) is 7.32. The van der Waals surface area contributed by atoms with Gasteiger partial charge in [0.05, 0.1) is 24.2 Å². The maximum Gasteiger partial charge on any atom is 0.338 e. The lowest BCUT2D eigenvalue weighted by atomic mass is 9.96. The summed E-state index contributed by atoms with van der Waals surface area (Å²) in [5, 5.41) is 13.2. The third-order valence-corrected chi connectivity index (χ3v) is 5.21. The Morgan fingerprint density at radius 3 is 2.31 bits per heavy atom. The van der Waals surface area contributed by atoms with Crippen LogP contribution in [0.15, 0.2) is 24.5 Å². The highest BCUT2D eigenvalue weighted by Gasteiger charge is 2.25. The number of aryl methyl sites for hydroxylation is 3. The van der Waals surface area contributed by atoms with Crippen LogP contribution in [0, 0.1) is 20.8 Å². The van der Waals surface area contributed by atoms with E-state index in [-0.39, 0.29) is 17.5 Å². The molecule has 0 spiro atoms. The normalized spacial score (nSPS) is 15.3. The first-order valence-corrected chi connectivity index (χ1v) is 8.97. The van der Waals surface area contributed by atoms with Gasteiger partial charge in [-0.1, -0.05) is 17.7 Å². The Hall–Kier alpha value is -2.63. The number of piperidine rings is 1. The molecule has 6 heteroatoms. The number of aromatic nitrogens is 2. The van der Waals surface area contributed by atoms with E-state index in [2.05, 4.69) is 38.0 Å². The minimum absolute atomic E-state index is 0.148. The van der Waals surface area contributed by atoms with Gasteiger partial charge in [0.15, 0.2) is 0 Å². The fourth-order valence-electron chi connectivity index (χ4n) is 3.78. The van der Waals surface area contributed by atoms with E-state index >= 15 is 0 Å². The van der Waals surface area contributed by atoms with Gasteiger partial charge in [-0.25, -0.2) is 4.79 Å².